The SMILES string of the molecule is CCOc1ccc(OCC)c(NC(=O)c2nc(C)n(-c3ccc(Cl)cc3)n2)c1. The second kappa shape index (κ2) is 8.75. The maximum absolute atomic E-state index is 12.7. The van der Waals surface area contributed by atoms with Crippen LogP contribution in [0.25, 0.3) is 5.69 Å². The number of carbonyl (C=O) groups excluding carboxylic acids is 1. The number of ether oxygens (including phenoxy) is 2. The lowest BCUT2D eigenvalue weighted by atomic mass is 10.2. The van der Waals surface area contributed by atoms with Gasteiger partial charge in [0.2, 0.25) is 5.82 Å². The number of hydrogen-bond donors (Lipinski definition) is 1. The second-order valence-electron chi connectivity index (χ2n) is 5.85. The molecule has 28 heavy (non-hydrogen) atoms. The molecule has 0 fully saturated rings. The molecule has 0 spiro atoms. The minimum atomic E-state index is -0.439. The van der Waals surface area contributed by atoms with Crippen molar-refractivity contribution in [2.24, 2.45) is 0 Å². The van der Waals surface area contributed by atoms with Crippen molar-refractivity contribution < 1.29 is 14.3 Å². The van der Waals surface area contributed by atoms with Crippen LogP contribution in [-0.2, 0) is 0 Å². The summed E-state index contributed by atoms with van der Waals surface area (Å²) in [6.07, 6.45) is 0. The van der Waals surface area contributed by atoms with Crippen LogP contribution in [0.2, 0.25) is 5.02 Å². The van der Waals surface area contributed by atoms with Crippen LogP contribution in [0.3, 0.4) is 0 Å². The van der Waals surface area contributed by atoms with Gasteiger partial charge in [-0.2, -0.15) is 0 Å². The van der Waals surface area contributed by atoms with Gasteiger partial charge in [-0.1, -0.05) is 11.6 Å². The van der Waals surface area contributed by atoms with Gasteiger partial charge in [-0.15, -0.1) is 5.10 Å². The molecule has 1 N–H and O–H groups in total. The van der Waals surface area contributed by atoms with Gasteiger partial charge < -0.3 is 14.8 Å². The van der Waals surface area contributed by atoms with Gasteiger partial charge in [-0.3, -0.25) is 4.79 Å². The highest BCUT2D eigenvalue weighted by molar-refractivity contribution is 6.30. The number of hydrogen-bond acceptors (Lipinski definition) is 5. The monoisotopic (exact) mass is 400 g/mol. The minimum Gasteiger partial charge on any atom is -0.494 e. The van der Waals surface area contributed by atoms with Gasteiger partial charge in [-0.25, -0.2) is 9.67 Å². The number of benzene rings is 2. The van der Waals surface area contributed by atoms with Crippen LogP contribution in [0.4, 0.5) is 5.69 Å². The van der Waals surface area contributed by atoms with Crippen LogP contribution < -0.4 is 14.8 Å². The summed E-state index contributed by atoms with van der Waals surface area (Å²) in [6, 6.07) is 12.4. The summed E-state index contributed by atoms with van der Waals surface area (Å²) in [7, 11) is 0. The van der Waals surface area contributed by atoms with E-state index in [9.17, 15) is 4.79 Å². The summed E-state index contributed by atoms with van der Waals surface area (Å²) in [4.78, 5) is 17.0. The van der Waals surface area contributed by atoms with Crippen LogP contribution >= 0.6 is 11.6 Å². The van der Waals surface area contributed by atoms with Crippen molar-refractivity contribution in [2.75, 3.05) is 18.5 Å². The van der Waals surface area contributed by atoms with E-state index in [-0.39, 0.29) is 5.82 Å². The van der Waals surface area contributed by atoms with E-state index < -0.39 is 5.91 Å². The zero-order valence-electron chi connectivity index (χ0n) is 15.9. The van der Waals surface area contributed by atoms with Crippen molar-refractivity contribution in [1.29, 1.82) is 0 Å². The molecule has 8 heteroatoms. The number of aromatic nitrogens is 3. The van der Waals surface area contributed by atoms with E-state index in [0.717, 1.165) is 5.69 Å². The first kappa shape index (κ1) is 19.7. The molecule has 7 nitrogen and oxygen atoms in total. The smallest absolute Gasteiger partial charge is 0.295 e. The molecule has 0 radical (unpaired) electrons. The largest absolute Gasteiger partial charge is 0.494 e. The Labute approximate surface area is 168 Å². The van der Waals surface area contributed by atoms with E-state index in [0.29, 0.717) is 41.2 Å². The standard InChI is InChI=1S/C20H21ClN4O3/c1-4-27-16-10-11-18(28-5-2)17(12-16)23-20(26)19-22-13(3)25(24-19)15-8-6-14(21)7-9-15/h6-12H,4-5H2,1-3H3,(H,23,26). The van der Waals surface area contributed by atoms with Crippen molar-refractivity contribution in [2.45, 2.75) is 20.8 Å². The molecule has 0 saturated carbocycles. The number of anilines is 1. The van der Waals surface area contributed by atoms with E-state index in [1.807, 2.05) is 26.0 Å². The van der Waals surface area contributed by atoms with E-state index >= 15 is 0 Å². The quantitative estimate of drug-likeness (QED) is 0.640. The van der Waals surface area contributed by atoms with Gasteiger partial charge >= 0.3 is 0 Å². The molecule has 1 amide bonds. The summed E-state index contributed by atoms with van der Waals surface area (Å²) in [6.45, 7) is 6.54. The zero-order chi connectivity index (χ0) is 20.1. The zero-order valence-corrected chi connectivity index (χ0v) is 16.7. The Morgan fingerprint density at radius 2 is 1.82 bits per heavy atom. The molecule has 0 atom stereocenters. The van der Waals surface area contributed by atoms with Crippen LogP contribution in [0.1, 0.15) is 30.3 Å². The normalized spacial score (nSPS) is 10.6. The summed E-state index contributed by atoms with van der Waals surface area (Å²) in [5, 5.41) is 7.75. The summed E-state index contributed by atoms with van der Waals surface area (Å²) in [5.74, 6) is 1.38. The predicted molar refractivity (Wildman–Crippen MR) is 108 cm³/mol. The van der Waals surface area contributed by atoms with Crippen LogP contribution in [0, 0.1) is 6.92 Å². The maximum Gasteiger partial charge on any atom is 0.295 e. The summed E-state index contributed by atoms with van der Waals surface area (Å²) < 4.78 is 12.7. The molecule has 3 rings (SSSR count). The summed E-state index contributed by atoms with van der Waals surface area (Å²) >= 11 is 5.93. The van der Waals surface area contributed by atoms with Crippen molar-refractivity contribution >= 4 is 23.2 Å². The molecule has 2 aromatic carbocycles. The topological polar surface area (TPSA) is 78.3 Å². The van der Waals surface area contributed by atoms with Crippen LogP contribution in [0.5, 0.6) is 11.5 Å². The summed E-state index contributed by atoms with van der Waals surface area (Å²) in [5.41, 5.74) is 1.26. The van der Waals surface area contributed by atoms with Gasteiger partial charge in [0.1, 0.15) is 17.3 Å². The number of amides is 1. The van der Waals surface area contributed by atoms with Crippen LogP contribution in [0.15, 0.2) is 42.5 Å². The lowest BCUT2D eigenvalue weighted by molar-refractivity contribution is 0.101. The third-order valence-electron chi connectivity index (χ3n) is 3.85. The number of nitrogens with one attached hydrogen (secondary N) is 1. The number of aryl methyl sites for hydroxylation is 1. The number of rotatable bonds is 7. The molecule has 1 aromatic heterocycles. The third kappa shape index (κ3) is 4.43. The molecular weight excluding hydrogens is 380 g/mol. The molecule has 0 bridgehead atoms. The highest BCUT2D eigenvalue weighted by Crippen LogP contribution is 2.29. The molecule has 0 unspecified atom stereocenters. The first-order valence-electron chi connectivity index (χ1n) is 8.92. The first-order chi connectivity index (χ1) is 13.5. The van der Waals surface area contributed by atoms with Crippen molar-refractivity contribution in [3.8, 4) is 17.2 Å². The second-order valence-corrected chi connectivity index (χ2v) is 6.29. The van der Waals surface area contributed by atoms with Crippen molar-refractivity contribution in [3.63, 3.8) is 0 Å². The Bertz CT molecular complexity index is 970. The number of nitrogens with zero attached hydrogens (tertiary/aromatic N) is 3. The number of carbonyl (C=O) groups is 1. The molecule has 0 aliphatic heterocycles. The molecule has 146 valence electrons. The first-order valence-corrected chi connectivity index (χ1v) is 9.30. The van der Waals surface area contributed by atoms with E-state index in [4.69, 9.17) is 21.1 Å². The van der Waals surface area contributed by atoms with Gasteiger partial charge in [0.15, 0.2) is 0 Å². The van der Waals surface area contributed by atoms with Crippen molar-refractivity contribution in [3.05, 3.63) is 59.1 Å². The Hall–Kier alpha value is -3.06. The van der Waals surface area contributed by atoms with E-state index in [1.54, 1.807) is 41.9 Å². The van der Waals surface area contributed by atoms with Gasteiger partial charge in [0.25, 0.3) is 5.91 Å². The predicted octanol–water partition coefficient (Wildman–Crippen LogP) is 4.28. The van der Waals surface area contributed by atoms with Gasteiger partial charge in [-0.05, 0) is 57.2 Å². The van der Waals surface area contributed by atoms with Crippen molar-refractivity contribution in [1.82, 2.24) is 14.8 Å². The van der Waals surface area contributed by atoms with E-state index in [2.05, 4.69) is 15.4 Å². The highest BCUT2D eigenvalue weighted by Gasteiger charge is 2.18. The lowest BCUT2D eigenvalue weighted by Crippen LogP contribution is -2.15. The minimum absolute atomic E-state index is 0.0525. The van der Waals surface area contributed by atoms with E-state index in [1.165, 1.54) is 0 Å². The highest BCUT2D eigenvalue weighted by atomic mass is 35.5. The Balaban J connectivity index is 1.86. The van der Waals surface area contributed by atoms with Gasteiger partial charge in [0, 0.05) is 11.1 Å². The fraction of sp³-hybridized carbons (Fsp3) is 0.250. The lowest BCUT2D eigenvalue weighted by Gasteiger charge is -2.12. The molecule has 0 aliphatic rings. The molecule has 0 saturated heterocycles. The number of halogens is 1. The maximum atomic E-state index is 12.7. The van der Waals surface area contributed by atoms with Gasteiger partial charge in [0.05, 0.1) is 24.6 Å². The molecule has 0 aliphatic carbocycles. The third-order valence-corrected chi connectivity index (χ3v) is 4.11. The Morgan fingerprint density at radius 1 is 1.11 bits per heavy atom. The average Bonchev–Trinajstić information content (AvgIpc) is 3.07. The fourth-order valence-corrected chi connectivity index (χ4v) is 2.76. The molecular formula is C20H21ClN4O3. The average molecular weight is 401 g/mol. The fourth-order valence-electron chi connectivity index (χ4n) is 2.64. The Morgan fingerprint density at radius 3 is 2.50 bits per heavy atom. The van der Waals surface area contributed by atoms with Crippen LogP contribution in [-0.4, -0.2) is 33.9 Å². The Kier molecular flexibility index (Phi) is 6.16. The molecule has 1 heterocycles. The molecule has 3 aromatic rings.